The molecule has 0 heterocycles. The molecule has 0 N–H and O–H groups in total. The maximum atomic E-state index is 12.4. The predicted molar refractivity (Wildman–Crippen MR) is 76.2 cm³/mol. The predicted octanol–water partition coefficient (Wildman–Crippen LogP) is 5.39. The van der Waals surface area contributed by atoms with Gasteiger partial charge in [-0.3, -0.25) is 0 Å². The van der Waals surface area contributed by atoms with Crippen LogP contribution >= 0.6 is 11.6 Å². The lowest BCUT2D eigenvalue weighted by atomic mass is 9.77. The molecule has 1 aromatic carbocycles. The molecule has 0 spiro atoms. The minimum absolute atomic E-state index is 0.0528. The zero-order valence-corrected chi connectivity index (χ0v) is 12.3. The Bertz CT molecular complexity index is 496. The third kappa shape index (κ3) is 4.64. The van der Waals surface area contributed by atoms with Gasteiger partial charge in [0.15, 0.2) is 0 Å². The first-order valence-corrected chi connectivity index (χ1v) is 7.53. The van der Waals surface area contributed by atoms with Crippen molar-refractivity contribution in [1.82, 2.24) is 0 Å². The molecular weight excluding hydrogens is 299 g/mol. The quantitative estimate of drug-likeness (QED) is 0.686. The van der Waals surface area contributed by atoms with Crippen LogP contribution in [0.1, 0.15) is 49.1 Å². The van der Waals surface area contributed by atoms with Crippen LogP contribution in [0.25, 0.3) is 0 Å². The van der Waals surface area contributed by atoms with E-state index in [1.165, 1.54) is 0 Å². The number of hydrogen-bond acceptors (Lipinski definition) is 1. The van der Waals surface area contributed by atoms with Gasteiger partial charge in [0.25, 0.3) is 0 Å². The Morgan fingerprint density at radius 3 is 2.19 bits per heavy atom. The molecule has 114 valence electrons. The van der Waals surface area contributed by atoms with Crippen molar-refractivity contribution in [3.8, 4) is 6.07 Å². The van der Waals surface area contributed by atoms with E-state index in [1.807, 2.05) is 12.1 Å². The molecule has 1 saturated carbocycles. The molecule has 1 aliphatic rings. The summed E-state index contributed by atoms with van der Waals surface area (Å²) in [5.74, 6) is 0.312. The number of hydrogen-bond donors (Lipinski definition) is 0. The van der Waals surface area contributed by atoms with Crippen molar-refractivity contribution in [3.63, 3.8) is 0 Å². The van der Waals surface area contributed by atoms with Crippen LogP contribution in [-0.4, -0.2) is 11.6 Å². The lowest BCUT2D eigenvalue weighted by Gasteiger charge is -2.31. The molecule has 0 bridgehead atoms. The van der Waals surface area contributed by atoms with E-state index in [0.29, 0.717) is 11.5 Å². The van der Waals surface area contributed by atoms with Gasteiger partial charge in [-0.25, -0.2) is 0 Å². The van der Waals surface area contributed by atoms with Crippen LogP contribution in [0.15, 0.2) is 24.3 Å². The second-order valence-electron chi connectivity index (χ2n) is 5.68. The van der Waals surface area contributed by atoms with Crippen LogP contribution in [-0.2, 0) is 0 Å². The van der Waals surface area contributed by atoms with Crippen LogP contribution in [0.5, 0.6) is 0 Å². The number of rotatable bonds is 3. The van der Waals surface area contributed by atoms with Crippen LogP contribution in [0.2, 0.25) is 0 Å². The number of halogens is 4. The van der Waals surface area contributed by atoms with Crippen molar-refractivity contribution in [3.05, 3.63) is 35.4 Å². The molecule has 1 atom stereocenters. The number of nitrogens with zero attached hydrogens (tertiary/aromatic N) is 1. The zero-order chi connectivity index (χ0) is 15.5. The fourth-order valence-corrected chi connectivity index (χ4v) is 3.46. The van der Waals surface area contributed by atoms with E-state index >= 15 is 0 Å². The summed E-state index contributed by atoms with van der Waals surface area (Å²) < 4.78 is 37.1. The van der Waals surface area contributed by atoms with E-state index in [1.54, 1.807) is 12.1 Å². The average molecular weight is 316 g/mol. The van der Waals surface area contributed by atoms with Gasteiger partial charge in [-0.05, 0) is 55.2 Å². The van der Waals surface area contributed by atoms with E-state index in [4.69, 9.17) is 16.9 Å². The molecule has 21 heavy (non-hydrogen) atoms. The van der Waals surface area contributed by atoms with Crippen molar-refractivity contribution in [2.45, 2.75) is 49.6 Å². The van der Waals surface area contributed by atoms with Crippen LogP contribution < -0.4 is 0 Å². The largest absolute Gasteiger partial charge is 0.390 e. The maximum Gasteiger partial charge on any atom is 0.390 e. The van der Waals surface area contributed by atoms with Gasteiger partial charge in [-0.2, -0.15) is 18.4 Å². The highest BCUT2D eigenvalue weighted by Crippen LogP contribution is 2.40. The minimum atomic E-state index is -4.18. The topological polar surface area (TPSA) is 23.8 Å². The normalized spacial score (nSPS) is 24.3. The molecule has 0 radical (unpaired) electrons. The first-order chi connectivity index (χ1) is 9.89. The molecule has 2 rings (SSSR count). The summed E-state index contributed by atoms with van der Waals surface area (Å²) >= 11 is 5.92. The van der Waals surface area contributed by atoms with E-state index in [-0.39, 0.29) is 5.92 Å². The number of nitriles is 1. The maximum absolute atomic E-state index is 12.4. The van der Waals surface area contributed by atoms with Gasteiger partial charge in [-0.1, -0.05) is 12.1 Å². The number of benzene rings is 1. The van der Waals surface area contributed by atoms with Crippen molar-refractivity contribution in [2.75, 3.05) is 0 Å². The Morgan fingerprint density at radius 1 is 1.14 bits per heavy atom. The molecule has 0 amide bonds. The Hall–Kier alpha value is -1.21. The second-order valence-corrected chi connectivity index (χ2v) is 6.24. The smallest absolute Gasteiger partial charge is 0.192 e. The summed E-state index contributed by atoms with van der Waals surface area (Å²) in [6, 6.07) is 9.53. The molecule has 0 aromatic heterocycles. The number of alkyl halides is 4. The average Bonchev–Trinajstić information content (AvgIpc) is 2.46. The van der Waals surface area contributed by atoms with E-state index in [2.05, 4.69) is 6.07 Å². The fraction of sp³-hybridized carbons (Fsp3) is 0.562. The van der Waals surface area contributed by atoms with Crippen molar-refractivity contribution < 1.29 is 13.2 Å². The Labute approximate surface area is 127 Å². The monoisotopic (exact) mass is 315 g/mol. The highest BCUT2D eigenvalue weighted by molar-refractivity contribution is 6.20. The summed E-state index contributed by atoms with van der Waals surface area (Å²) in [6.45, 7) is 0. The first kappa shape index (κ1) is 16.2. The second kappa shape index (κ2) is 6.70. The standard InChI is InChI=1S/C16H17ClF3N/c17-15(9-16(18,19)20)14-7-5-13(6-8-14)12-3-1-11(10-21)2-4-12/h1-4,13-15H,5-9H2. The van der Waals surface area contributed by atoms with Crippen LogP contribution in [0.3, 0.4) is 0 Å². The highest BCUT2D eigenvalue weighted by atomic mass is 35.5. The Balaban J connectivity index is 1.89. The lowest BCUT2D eigenvalue weighted by Crippen LogP contribution is -2.26. The van der Waals surface area contributed by atoms with E-state index in [9.17, 15) is 13.2 Å². The summed E-state index contributed by atoms with van der Waals surface area (Å²) in [6.07, 6.45) is -1.91. The summed E-state index contributed by atoms with van der Waals surface area (Å²) in [5.41, 5.74) is 1.79. The van der Waals surface area contributed by atoms with Gasteiger partial charge < -0.3 is 0 Å². The van der Waals surface area contributed by atoms with E-state index < -0.39 is 18.0 Å². The molecule has 1 nitrogen and oxygen atoms in total. The third-order valence-corrected chi connectivity index (χ3v) is 4.73. The summed E-state index contributed by atoms with van der Waals surface area (Å²) in [4.78, 5) is 0. The summed E-state index contributed by atoms with van der Waals surface area (Å²) in [5, 5.41) is 7.96. The van der Waals surface area contributed by atoms with Crippen molar-refractivity contribution in [1.29, 1.82) is 5.26 Å². The molecule has 5 heteroatoms. The van der Waals surface area contributed by atoms with Crippen molar-refractivity contribution in [2.24, 2.45) is 5.92 Å². The molecule has 0 aliphatic heterocycles. The fourth-order valence-electron chi connectivity index (χ4n) is 3.03. The SMILES string of the molecule is N#Cc1ccc(C2CCC(C(Cl)CC(F)(F)F)CC2)cc1. The minimum Gasteiger partial charge on any atom is -0.192 e. The molecule has 1 aromatic rings. The van der Waals surface area contributed by atoms with Gasteiger partial charge in [0.2, 0.25) is 0 Å². The Morgan fingerprint density at radius 2 is 1.71 bits per heavy atom. The molecule has 1 unspecified atom stereocenters. The van der Waals surface area contributed by atoms with Gasteiger partial charge in [0, 0.05) is 5.38 Å². The van der Waals surface area contributed by atoms with Gasteiger partial charge >= 0.3 is 6.18 Å². The van der Waals surface area contributed by atoms with Gasteiger partial charge in [0.1, 0.15) is 0 Å². The van der Waals surface area contributed by atoms with Crippen molar-refractivity contribution >= 4 is 11.6 Å². The third-order valence-electron chi connectivity index (χ3n) is 4.22. The molecular formula is C16H17ClF3N. The van der Waals surface area contributed by atoms with Crippen LogP contribution in [0.4, 0.5) is 13.2 Å². The first-order valence-electron chi connectivity index (χ1n) is 7.10. The Kier molecular flexibility index (Phi) is 5.16. The highest BCUT2D eigenvalue weighted by Gasteiger charge is 2.36. The summed E-state index contributed by atoms with van der Waals surface area (Å²) in [7, 11) is 0. The molecule has 1 aliphatic carbocycles. The zero-order valence-electron chi connectivity index (χ0n) is 11.5. The molecule has 0 saturated heterocycles. The lowest BCUT2D eigenvalue weighted by molar-refractivity contribution is -0.137. The van der Waals surface area contributed by atoms with Gasteiger partial charge in [0.05, 0.1) is 18.1 Å². The molecule has 1 fully saturated rings. The van der Waals surface area contributed by atoms with Gasteiger partial charge in [-0.15, -0.1) is 11.6 Å². The van der Waals surface area contributed by atoms with Crippen LogP contribution in [0, 0.1) is 17.2 Å². The van der Waals surface area contributed by atoms with E-state index in [0.717, 1.165) is 31.2 Å².